The minimum absolute atomic E-state index is 0.288. The highest BCUT2D eigenvalue weighted by Gasteiger charge is 2.30. The summed E-state index contributed by atoms with van der Waals surface area (Å²) in [6.07, 6.45) is 0.191. The maximum atomic E-state index is 12.1. The molecule has 0 unspecified atom stereocenters. The molecular weight excluding hydrogens is 359 g/mol. The molecule has 2 rings (SSSR count). The van der Waals surface area contributed by atoms with Crippen LogP contribution < -0.4 is 15.4 Å². The van der Waals surface area contributed by atoms with Crippen LogP contribution in [0.1, 0.15) is 17.7 Å². The van der Waals surface area contributed by atoms with E-state index in [2.05, 4.69) is 25.3 Å². The van der Waals surface area contributed by atoms with Gasteiger partial charge >= 0.3 is 6.36 Å². The summed E-state index contributed by atoms with van der Waals surface area (Å²) in [4.78, 5) is 8.29. The van der Waals surface area contributed by atoms with Crippen LogP contribution in [-0.2, 0) is 0 Å². The molecule has 0 aliphatic carbocycles. The third kappa shape index (κ3) is 6.61. The van der Waals surface area contributed by atoms with E-state index < -0.39 is 6.36 Å². The van der Waals surface area contributed by atoms with Gasteiger partial charge in [0, 0.05) is 35.9 Å². The van der Waals surface area contributed by atoms with Crippen LogP contribution >= 0.6 is 0 Å². The smallest absolute Gasteiger partial charge is 0.406 e. The Labute approximate surface area is 155 Å². The van der Waals surface area contributed by atoms with E-state index in [0.717, 1.165) is 17.1 Å². The Kier molecular flexibility index (Phi) is 6.75. The standard InChI is InChI=1S/C18H20F3N5O/c1-12-13(2)25-11-26-17(12)23-8-7-14(9-22)10-24-15-3-5-16(6-4-15)27-18(19,20)21/h3-6,9-11,22,24H,7-8H2,1-2H3,(H,23,25,26)/b14-10-,22-9?. The van der Waals surface area contributed by atoms with Gasteiger partial charge in [0.2, 0.25) is 0 Å². The predicted molar refractivity (Wildman–Crippen MR) is 98.2 cm³/mol. The Hall–Kier alpha value is -3.10. The number of halogens is 3. The van der Waals surface area contributed by atoms with Crippen LogP contribution in [0.15, 0.2) is 42.4 Å². The molecule has 144 valence electrons. The number of rotatable bonds is 8. The second kappa shape index (κ2) is 9.02. The van der Waals surface area contributed by atoms with Crippen LogP contribution in [0.4, 0.5) is 24.7 Å². The summed E-state index contributed by atoms with van der Waals surface area (Å²) in [6, 6.07) is 5.36. The topological polar surface area (TPSA) is 82.9 Å². The number of aromatic nitrogens is 2. The van der Waals surface area contributed by atoms with Gasteiger partial charge in [0.1, 0.15) is 17.9 Å². The first-order valence-corrected chi connectivity index (χ1v) is 8.12. The third-order valence-electron chi connectivity index (χ3n) is 3.74. The van der Waals surface area contributed by atoms with Gasteiger partial charge in [-0.2, -0.15) is 0 Å². The first-order valence-electron chi connectivity index (χ1n) is 8.12. The summed E-state index contributed by atoms with van der Waals surface area (Å²) < 4.78 is 40.2. The highest BCUT2D eigenvalue weighted by Crippen LogP contribution is 2.24. The molecule has 6 nitrogen and oxygen atoms in total. The van der Waals surface area contributed by atoms with Crippen molar-refractivity contribution in [2.24, 2.45) is 0 Å². The molecular formula is C18H20F3N5O. The lowest BCUT2D eigenvalue weighted by molar-refractivity contribution is -0.274. The molecule has 1 aromatic carbocycles. The fourth-order valence-corrected chi connectivity index (χ4v) is 2.16. The van der Waals surface area contributed by atoms with E-state index >= 15 is 0 Å². The number of ether oxygens (including phenoxy) is 1. The van der Waals surface area contributed by atoms with Crippen LogP contribution in [0.3, 0.4) is 0 Å². The first kappa shape index (κ1) is 20.2. The second-order valence-corrected chi connectivity index (χ2v) is 5.69. The molecule has 0 spiro atoms. The lowest BCUT2D eigenvalue weighted by Gasteiger charge is -2.10. The number of aryl methyl sites for hydroxylation is 1. The van der Waals surface area contributed by atoms with Crippen molar-refractivity contribution in [1.29, 1.82) is 5.41 Å². The van der Waals surface area contributed by atoms with E-state index in [9.17, 15) is 13.2 Å². The van der Waals surface area contributed by atoms with Gasteiger partial charge in [-0.1, -0.05) is 0 Å². The normalized spacial score (nSPS) is 11.8. The predicted octanol–water partition coefficient (Wildman–Crippen LogP) is 4.44. The lowest BCUT2D eigenvalue weighted by atomic mass is 10.2. The molecule has 1 aromatic heterocycles. The third-order valence-corrected chi connectivity index (χ3v) is 3.74. The Morgan fingerprint density at radius 2 is 1.89 bits per heavy atom. The van der Waals surface area contributed by atoms with Gasteiger partial charge < -0.3 is 20.8 Å². The first-order chi connectivity index (χ1) is 12.8. The van der Waals surface area contributed by atoms with Gasteiger partial charge in [-0.3, -0.25) is 0 Å². The van der Waals surface area contributed by atoms with Crippen molar-refractivity contribution >= 4 is 17.7 Å². The molecule has 2 aromatic rings. The Balaban J connectivity index is 1.88. The zero-order chi connectivity index (χ0) is 19.9. The van der Waals surface area contributed by atoms with Gasteiger partial charge in [-0.05, 0) is 50.1 Å². The second-order valence-electron chi connectivity index (χ2n) is 5.69. The van der Waals surface area contributed by atoms with Crippen LogP contribution in [0.2, 0.25) is 0 Å². The highest BCUT2D eigenvalue weighted by molar-refractivity contribution is 5.76. The maximum Gasteiger partial charge on any atom is 0.573 e. The average molecular weight is 379 g/mol. The van der Waals surface area contributed by atoms with Crippen LogP contribution in [-0.4, -0.2) is 29.1 Å². The zero-order valence-corrected chi connectivity index (χ0v) is 14.9. The number of nitrogens with one attached hydrogen (secondary N) is 3. The van der Waals surface area contributed by atoms with Crippen molar-refractivity contribution in [3.05, 3.63) is 53.6 Å². The Morgan fingerprint density at radius 3 is 2.52 bits per heavy atom. The van der Waals surface area contributed by atoms with E-state index in [4.69, 9.17) is 5.41 Å². The van der Waals surface area contributed by atoms with Crippen molar-refractivity contribution in [2.45, 2.75) is 26.6 Å². The van der Waals surface area contributed by atoms with E-state index in [0.29, 0.717) is 24.2 Å². The minimum atomic E-state index is -4.71. The number of benzene rings is 1. The van der Waals surface area contributed by atoms with Crippen LogP contribution in [0.5, 0.6) is 5.75 Å². The minimum Gasteiger partial charge on any atom is -0.406 e. The summed E-state index contributed by atoms with van der Waals surface area (Å²) in [6.45, 7) is 4.40. The molecule has 0 bridgehead atoms. The van der Waals surface area contributed by atoms with Gasteiger partial charge in [0.25, 0.3) is 0 Å². The van der Waals surface area contributed by atoms with Crippen molar-refractivity contribution in [3.63, 3.8) is 0 Å². The molecule has 0 fully saturated rings. The Morgan fingerprint density at radius 1 is 1.19 bits per heavy atom. The number of nitrogens with zero attached hydrogens (tertiary/aromatic N) is 2. The SMILES string of the molecule is Cc1ncnc(NCC/C(C=N)=C/Nc2ccc(OC(F)(F)F)cc2)c1C. The fourth-order valence-electron chi connectivity index (χ4n) is 2.16. The molecule has 0 saturated carbocycles. The summed E-state index contributed by atoms with van der Waals surface area (Å²) in [5.74, 6) is 0.462. The van der Waals surface area contributed by atoms with Gasteiger partial charge in [-0.15, -0.1) is 13.2 Å². The van der Waals surface area contributed by atoms with Crippen molar-refractivity contribution < 1.29 is 17.9 Å². The largest absolute Gasteiger partial charge is 0.573 e. The number of alkyl halides is 3. The molecule has 9 heteroatoms. The van der Waals surface area contributed by atoms with E-state index in [-0.39, 0.29) is 5.75 Å². The molecule has 0 aliphatic heterocycles. The van der Waals surface area contributed by atoms with Crippen molar-refractivity contribution in [3.8, 4) is 5.75 Å². The lowest BCUT2D eigenvalue weighted by Crippen LogP contribution is -2.16. The van der Waals surface area contributed by atoms with Gasteiger partial charge in [0.05, 0.1) is 0 Å². The summed E-state index contributed by atoms with van der Waals surface area (Å²) in [5, 5.41) is 13.6. The van der Waals surface area contributed by atoms with Crippen LogP contribution in [0, 0.1) is 19.3 Å². The summed E-state index contributed by atoms with van der Waals surface area (Å²) in [7, 11) is 0. The maximum absolute atomic E-state index is 12.1. The molecule has 1 heterocycles. The highest BCUT2D eigenvalue weighted by atomic mass is 19.4. The zero-order valence-electron chi connectivity index (χ0n) is 14.9. The van der Waals surface area contributed by atoms with Crippen molar-refractivity contribution in [2.75, 3.05) is 17.2 Å². The quantitative estimate of drug-likeness (QED) is 0.591. The summed E-state index contributed by atoms with van der Waals surface area (Å²) in [5.41, 5.74) is 3.16. The molecule has 0 radical (unpaired) electrons. The van der Waals surface area contributed by atoms with E-state index in [1.165, 1.54) is 36.8 Å². The van der Waals surface area contributed by atoms with Gasteiger partial charge in [-0.25, -0.2) is 9.97 Å². The number of hydrogen-bond acceptors (Lipinski definition) is 6. The van der Waals surface area contributed by atoms with Crippen molar-refractivity contribution in [1.82, 2.24) is 9.97 Å². The average Bonchev–Trinajstić information content (AvgIpc) is 2.61. The molecule has 0 saturated heterocycles. The Bertz CT molecular complexity index is 804. The molecule has 3 N–H and O–H groups in total. The molecule has 0 aliphatic rings. The number of hydrogen-bond donors (Lipinski definition) is 3. The van der Waals surface area contributed by atoms with E-state index in [1.807, 2.05) is 13.8 Å². The fraction of sp³-hybridized carbons (Fsp3) is 0.278. The monoisotopic (exact) mass is 379 g/mol. The number of anilines is 2. The molecule has 0 amide bonds. The van der Waals surface area contributed by atoms with Gasteiger partial charge in [0.15, 0.2) is 0 Å². The summed E-state index contributed by atoms with van der Waals surface area (Å²) >= 11 is 0. The van der Waals surface area contributed by atoms with Crippen LogP contribution in [0.25, 0.3) is 0 Å². The van der Waals surface area contributed by atoms with E-state index in [1.54, 1.807) is 6.20 Å². The molecule has 27 heavy (non-hydrogen) atoms. The molecule has 0 atom stereocenters.